The van der Waals surface area contributed by atoms with Gasteiger partial charge < -0.3 is 10.0 Å². The van der Waals surface area contributed by atoms with E-state index < -0.39 is 7.12 Å². The van der Waals surface area contributed by atoms with Gasteiger partial charge in [-0.25, -0.2) is 0 Å². The summed E-state index contributed by atoms with van der Waals surface area (Å²) in [6.45, 7) is 0. The average Bonchev–Trinajstić information content (AvgIpc) is 2.82. The fraction of sp³-hybridized carbons (Fsp3) is 0. The van der Waals surface area contributed by atoms with Crippen LogP contribution in [0.15, 0.2) is 103 Å². The Kier molecular flexibility index (Phi) is 4.07. The molecule has 0 aliphatic heterocycles. The number of rotatable bonds is 2. The zero-order valence-corrected chi connectivity index (χ0v) is 16.8. The molecule has 0 bridgehead atoms. The van der Waals surface area contributed by atoms with Gasteiger partial charge in [0.1, 0.15) is 0 Å². The van der Waals surface area contributed by atoms with Gasteiger partial charge in [0, 0.05) is 0 Å². The Balaban J connectivity index is 1.65. The van der Waals surface area contributed by atoms with Crippen molar-refractivity contribution in [3.63, 3.8) is 0 Å². The highest BCUT2D eigenvalue weighted by molar-refractivity contribution is 6.58. The molecular formula is C28H19BO2. The molecule has 6 aromatic carbocycles. The first-order chi connectivity index (χ1) is 15.2. The van der Waals surface area contributed by atoms with E-state index in [1.165, 1.54) is 37.9 Å². The van der Waals surface area contributed by atoms with Crippen molar-refractivity contribution >= 4 is 55.7 Å². The first-order valence-corrected chi connectivity index (χ1v) is 10.4. The van der Waals surface area contributed by atoms with Crippen molar-refractivity contribution < 1.29 is 10.0 Å². The first-order valence-electron chi connectivity index (χ1n) is 10.4. The normalized spacial score (nSPS) is 11.5. The van der Waals surface area contributed by atoms with E-state index >= 15 is 0 Å². The number of hydrogen-bond donors (Lipinski definition) is 2. The quantitative estimate of drug-likeness (QED) is 0.293. The Bertz CT molecular complexity index is 1620. The molecule has 31 heavy (non-hydrogen) atoms. The second kappa shape index (κ2) is 6.95. The molecule has 0 heterocycles. The molecule has 0 amide bonds. The zero-order valence-electron chi connectivity index (χ0n) is 16.8. The lowest BCUT2D eigenvalue weighted by Gasteiger charge is -2.14. The lowest BCUT2D eigenvalue weighted by molar-refractivity contribution is 0.426. The summed E-state index contributed by atoms with van der Waals surface area (Å²) < 4.78 is 0. The maximum Gasteiger partial charge on any atom is 0.488 e. The Morgan fingerprint density at radius 3 is 1.97 bits per heavy atom. The van der Waals surface area contributed by atoms with Gasteiger partial charge in [-0.3, -0.25) is 0 Å². The summed E-state index contributed by atoms with van der Waals surface area (Å²) in [6.07, 6.45) is 0. The molecule has 0 spiro atoms. The van der Waals surface area contributed by atoms with E-state index in [4.69, 9.17) is 0 Å². The van der Waals surface area contributed by atoms with E-state index in [-0.39, 0.29) is 0 Å². The SMILES string of the molecule is OB(O)c1ccc2cc(-c3cc4ccc5ccccc5c4c4ccccc34)ccc2c1. The van der Waals surface area contributed by atoms with Crippen molar-refractivity contribution in [3.8, 4) is 11.1 Å². The molecule has 0 fully saturated rings. The van der Waals surface area contributed by atoms with Crippen molar-refractivity contribution in [1.82, 2.24) is 0 Å². The van der Waals surface area contributed by atoms with Gasteiger partial charge in [0.15, 0.2) is 0 Å². The van der Waals surface area contributed by atoms with Crippen LogP contribution in [0.1, 0.15) is 0 Å². The lowest BCUT2D eigenvalue weighted by Crippen LogP contribution is -2.29. The second-order valence-corrected chi connectivity index (χ2v) is 8.05. The zero-order chi connectivity index (χ0) is 20.9. The molecule has 146 valence electrons. The molecule has 3 heteroatoms. The second-order valence-electron chi connectivity index (χ2n) is 8.05. The van der Waals surface area contributed by atoms with Gasteiger partial charge in [0.25, 0.3) is 0 Å². The summed E-state index contributed by atoms with van der Waals surface area (Å²) in [6, 6.07) is 35.7. The van der Waals surface area contributed by atoms with Crippen molar-refractivity contribution in [2.75, 3.05) is 0 Å². The van der Waals surface area contributed by atoms with Gasteiger partial charge >= 0.3 is 7.12 Å². The van der Waals surface area contributed by atoms with Crippen LogP contribution in [0.25, 0.3) is 54.2 Å². The van der Waals surface area contributed by atoms with Crippen molar-refractivity contribution in [3.05, 3.63) is 103 Å². The summed E-state index contributed by atoms with van der Waals surface area (Å²) >= 11 is 0. The summed E-state index contributed by atoms with van der Waals surface area (Å²) in [7, 11) is -1.46. The molecule has 0 aliphatic carbocycles. The van der Waals surface area contributed by atoms with Gasteiger partial charge in [0.05, 0.1) is 0 Å². The molecular weight excluding hydrogens is 379 g/mol. The van der Waals surface area contributed by atoms with E-state index in [1.54, 1.807) is 6.07 Å². The van der Waals surface area contributed by atoms with Crippen LogP contribution >= 0.6 is 0 Å². The highest BCUT2D eigenvalue weighted by Gasteiger charge is 2.13. The van der Waals surface area contributed by atoms with Crippen LogP contribution in [0, 0.1) is 0 Å². The van der Waals surface area contributed by atoms with Crippen LogP contribution in [0.4, 0.5) is 0 Å². The van der Waals surface area contributed by atoms with Crippen LogP contribution in [0.5, 0.6) is 0 Å². The van der Waals surface area contributed by atoms with E-state index in [2.05, 4.69) is 84.9 Å². The molecule has 0 radical (unpaired) electrons. The fourth-order valence-corrected chi connectivity index (χ4v) is 4.71. The third kappa shape index (κ3) is 2.90. The van der Waals surface area contributed by atoms with Crippen molar-refractivity contribution in [2.24, 2.45) is 0 Å². The topological polar surface area (TPSA) is 40.5 Å². The van der Waals surface area contributed by atoms with Gasteiger partial charge in [-0.2, -0.15) is 0 Å². The molecule has 0 aromatic heterocycles. The van der Waals surface area contributed by atoms with Crippen LogP contribution in [-0.2, 0) is 0 Å². The van der Waals surface area contributed by atoms with E-state index in [0.29, 0.717) is 5.46 Å². The molecule has 0 aliphatic rings. The monoisotopic (exact) mass is 398 g/mol. The van der Waals surface area contributed by atoms with E-state index in [1.807, 2.05) is 12.1 Å². The maximum atomic E-state index is 9.47. The largest absolute Gasteiger partial charge is 0.488 e. The van der Waals surface area contributed by atoms with Crippen molar-refractivity contribution in [2.45, 2.75) is 0 Å². The van der Waals surface area contributed by atoms with Crippen LogP contribution < -0.4 is 5.46 Å². The van der Waals surface area contributed by atoms with Gasteiger partial charge in [-0.1, -0.05) is 91.0 Å². The highest BCUT2D eigenvalue weighted by atomic mass is 16.4. The third-order valence-corrected chi connectivity index (χ3v) is 6.22. The minimum Gasteiger partial charge on any atom is -0.423 e. The van der Waals surface area contributed by atoms with Crippen molar-refractivity contribution in [1.29, 1.82) is 0 Å². The smallest absolute Gasteiger partial charge is 0.423 e. The predicted molar refractivity (Wildman–Crippen MR) is 132 cm³/mol. The Morgan fingerprint density at radius 2 is 1.13 bits per heavy atom. The fourth-order valence-electron chi connectivity index (χ4n) is 4.71. The number of benzene rings is 6. The summed E-state index contributed by atoms with van der Waals surface area (Å²) in [4.78, 5) is 0. The van der Waals surface area contributed by atoms with Gasteiger partial charge in [-0.05, 0) is 71.8 Å². The first kappa shape index (κ1) is 18.1. The van der Waals surface area contributed by atoms with Crippen LogP contribution in [0.3, 0.4) is 0 Å². The van der Waals surface area contributed by atoms with E-state index in [0.717, 1.165) is 16.3 Å². The van der Waals surface area contributed by atoms with Gasteiger partial charge in [0.2, 0.25) is 0 Å². The Morgan fingerprint density at radius 1 is 0.484 bits per heavy atom. The molecule has 6 aromatic rings. The molecule has 2 nitrogen and oxygen atoms in total. The Labute approximate surface area is 180 Å². The average molecular weight is 398 g/mol. The predicted octanol–water partition coefficient (Wildman–Crippen LogP) is 5.65. The summed E-state index contributed by atoms with van der Waals surface area (Å²) in [5.41, 5.74) is 2.85. The number of hydrogen-bond acceptors (Lipinski definition) is 2. The standard InChI is InChI=1S/C28H19BO2/c30-29(31)23-14-13-19-15-21(11-10-20(19)16-23)27-17-22-12-9-18-5-1-2-6-24(18)28(22)26-8-4-3-7-25(26)27/h1-17,30-31H. The minimum atomic E-state index is -1.46. The Hall–Kier alpha value is -3.66. The van der Waals surface area contributed by atoms with E-state index in [9.17, 15) is 10.0 Å². The molecule has 0 saturated carbocycles. The molecule has 0 saturated heterocycles. The maximum absolute atomic E-state index is 9.47. The van der Waals surface area contributed by atoms with Crippen LogP contribution in [-0.4, -0.2) is 17.2 Å². The lowest BCUT2D eigenvalue weighted by atomic mass is 9.79. The summed E-state index contributed by atoms with van der Waals surface area (Å²) in [5.74, 6) is 0. The summed E-state index contributed by atoms with van der Waals surface area (Å²) in [5, 5.41) is 28.5. The highest BCUT2D eigenvalue weighted by Crippen LogP contribution is 2.38. The minimum absolute atomic E-state index is 0.503. The molecule has 0 atom stereocenters. The number of fused-ring (bicyclic) bond motifs is 6. The van der Waals surface area contributed by atoms with Gasteiger partial charge in [-0.15, -0.1) is 0 Å². The third-order valence-electron chi connectivity index (χ3n) is 6.22. The van der Waals surface area contributed by atoms with Crippen LogP contribution in [0.2, 0.25) is 0 Å². The molecule has 6 rings (SSSR count). The molecule has 2 N–H and O–H groups in total. The molecule has 0 unspecified atom stereocenters.